The van der Waals surface area contributed by atoms with Crippen molar-refractivity contribution < 1.29 is 22.2 Å². The Morgan fingerprint density at radius 3 is 2.40 bits per heavy atom. The quantitative estimate of drug-likeness (QED) is 0.546. The molecule has 0 amide bonds. The molecule has 0 aromatic carbocycles. The van der Waals surface area contributed by atoms with Gasteiger partial charge in [0.1, 0.15) is 13.1 Å². The number of nitrogens with zero attached hydrogens (tertiary/aromatic N) is 1. The zero-order chi connectivity index (χ0) is 11.4. The van der Waals surface area contributed by atoms with Gasteiger partial charge in [-0.2, -0.15) is 8.42 Å². The van der Waals surface area contributed by atoms with Crippen LogP contribution in [0.1, 0.15) is 13.3 Å². The molecule has 0 radical (unpaired) electrons. The lowest BCUT2D eigenvalue weighted by atomic mass is 10.2. The van der Waals surface area contributed by atoms with Crippen molar-refractivity contribution in [2.45, 2.75) is 13.3 Å². The lowest BCUT2D eigenvalue weighted by molar-refractivity contribution is -0.933. The summed E-state index contributed by atoms with van der Waals surface area (Å²) in [5.74, 6) is -0.131. The normalized spacial score (nSPS) is 21.5. The molecule has 1 aliphatic rings. The Labute approximate surface area is 91.4 Å². The molecule has 1 rings (SSSR count). The van der Waals surface area contributed by atoms with Gasteiger partial charge < -0.3 is 9.22 Å². The predicted molar refractivity (Wildman–Crippen MR) is 57.3 cm³/mol. The zero-order valence-electron chi connectivity index (χ0n) is 9.18. The predicted octanol–water partition coefficient (Wildman–Crippen LogP) is 0.131. The Morgan fingerprint density at radius 1 is 1.33 bits per heavy atom. The van der Waals surface area contributed by atoms with Crippen molar-refractivity contribution >= 4 is 10.1 Å². The molecule has 0 unspecified atom stereocenters. The maximum Gasteiger partial charge on any atom is 0.265 e. The minimum Gasteiger partial charge on any atom is -0.370 e. The van der Waals surface area contributed by atoms with E-state index in [1.54, 1.807) is 0 Å². The number of morpholine rings is 1. The molecule has 0 saturated carbocycles. The topological polar surface area (TPSA) is 63.6 Å². The summed E-state index contributed by atoms with van der Waals surface area (Å²) >= 11 is 0. The molecule has 0 bridgehead atoms. The summed E-state index contributed by atoms with van der Waals surface area (Å²) in [6.45, 7) is 7.30. The number of hydrogen-bond donors (Lipinski definition) is 1. The summed E-state index contributed by atoms with van der Waals surface area (Å²) in [5.41, 5.74) is 0. The highest BCUT2D eigenvalue weighted by Gasteiger charge is 2.28. The fraction of sp³-hybridized carbons (Fsp3) is 1.00. The van der Waals surface area contributed by atoms with Crippen LogP contribution < -0.4 is 0 Å². The fourth-order valence-corrected chi connectivity index (χ4v) is 2.50. The number of rotatable bonds is 5. The van der Waals surface area contributed by atoms with E-state index in [9.17, 15) is 8.42 Å². The van der Waals surface area contributed by atoms with E-state index >= 15 is 0 Å². The largest absolute Gasteiger partial charge is 0.370 e. The van der Waals surface area contributed by atoms with Crippen molar-refractivity contribution in [3.05, 3.63) is 0 Å². The number of hydrogen-bond acceptors (Lipinski definition) is 3. The van der Waals surface area contributed by atoms with E-state index in [4.69, 9.17) is 9.29 Å². The van der Waals surface area contributed by atoms with Gasteiger partial charge in [-0.25, -0.2) is 0 Å². The molecule has 90 valence electrons. The van der Waals surface area contributed by atoms with Gasteiger partial charge >= 0.3 is 0 Å². The van der Waals surface area contributed by atoms with Crippen LogP contribution >= 0.6 is 0 Å². The first-order valence-electron chi connectivity index (χ1n) is 5.35. The molecular formula is C9H20NO4S+. The summed E-state index contributed by atoms with van der Waals surface area (Å²) in [4.78, 5) is 0. The molecule has 6 heteroatoms. The minimum atomic E-state index is -3.80. The lowest BCUT2D eigenvalue weighted by Gasteiger charge is -2.40. The zero-order valence-corrected chi connectivity index (χ0v) is 10.0. The molecule has 15 heavy (non-hydrogen) atoms. The van der Waals surface area contributed by atoms with Crippen LogP contribution in [0.15, 0.2) is 0 Å². The highest BCUT2D eigenvalue weighted by Crippen LogP contribution is 2.12. The molecule has 0 aliphatic carbocycles. The van der Waals surface area contributed by atoms with Crippen molar-refractivity contribution in [1.82, 2.24) is 0 Å². The summed E-state index contributed by atoms with van der Waals surface area (Å²) < 4.78 is 36.0. The third kappa shape index (κ3) is 4.46. The van der Waals surface area contributed by atoms with Crippen LogP contribution in [0.4, 0.5) is 0 Å². The molecule has 1 N–H and O–H groups in total. The van der Waals surface area contributed by atoms with Crippen LogP contribution in [0, 0.1) is 0 Å². The van der Waals surface area contributed by atoms with Crippen LogP contribution in [-0.2, 0) is 14.9 Å². The molecule has 0 spiro atoms. The van der Waals surface area contributed by atoms with E-state index in [0.29, 0.717) is 6.42 Å². The Kier molecular flexibility index (Phi) is 4.51. The smallest absolute Gasteiger partial charge is 0.265 e. The van der Waals surface area contributed by atoms with E-state index in [2.05, 4.69) is 6.92 Å². The summed E-state index contributed by atoms with van der Waals surface area (Å²) in [6.07, 6.45) is 0.521. The SMILES string of the molecule is CC[N+]1(CCCS(=O)(=O)O)CCOCC1. The molecule has 1 heterocycles. The summed E-state index contributed by atoms with van der Waals surface area (Å²) in [5, 5.41) is 0. The van der Waals surface area contributed by atoms with Gasteiger partial charge in [-0.3, -0.25) is 4.55 Å². The second-order valence-electron chi connectivity index (χ2n) is 4.08. The maximum absolute atomic E-state index is 10.6. The van der Waals surface area contributed by atoms with Crippen molar-refractivity contribution in [3.63, 3.8) is 0 Å². The van der Waals surface area contributed by atoms with E-state index in [-0.39, 0.29) is 5.75 Å². The molecule has 1 aliphatic heterocycles. The first kappa shape index (κ1) is 12.9. The van der Waals surface area contributed by atoms with Crippen molar-refractivity contribution in [1.29, 1.82) is 0 Å². The lowest BCUT2D eigenvalue weighted by Crippen LogP contribution is -2.55. The monoisotopic (exact) mass is 238 g/mol. The number of ether oxygens (including phenoxy) is 1. The van der Waals surface area contributed by atoms with Crippen LogP contribution in [0.3, 0.4) is 0 Å². The average Bonchev–Trinajstić information content (AvgIpc) is 2.17. The van der Waals surface area contributed by atoms with Crippen LogP contribution in [0.2, 0.25) is 0 Å². The summed E-state index contributed by atoms with van der Waals surface area (Å²) in [7, 11) is -3.80. The van der Waals surface area contributed by atoms with Crippen molar-refractivity contribution in [2.24, 2.45) is 0 Å². The first-order valence-corrected chi connectivity index (χ1v) is 6.96. The van der Waals surface area contributed by atoms with Crippen LogP contribution in [-0.4, -0.2) is 62.6 Å². The van der Waals surface area contributed by atoms with E-state index < -0.39 is 10.1 Å². The first-order chi connectivity index (χ1) is 6.97. The molecule has 0 atom stereocenters. The van der Waals surface area contributed by atoms with Gasteiger partial charge in [0.15, 0.2) is 0 Å². The molecule has 1 saturated heterocycles. The van der Waals surface area contributed by atoms with Gasteiger partial charge in [0.05, 0.1) is 32.1 Å². The number of likely N-dealkylation sites (N-methyl/N-ethyl adjacent to an activating group) is 1. The van der Waals surface area contributed by atoms with Gasteiger partial charge in [0, 0.05) is 6.42 Å². The van der Waals surface area contributed by atoms with Gasteiger partial charge in [-0.1, -0.05) is 0 Å². The molecule has 0 aromatic heterocycles. The molecular weight excluding hydrogens is 218 g/mol. The van der Waals surface area contributed by atoms with Gasteiger partial charge in [-0.05, 0) is 6.92 Å². The van der Waals surface area contributed by atoms with E-state index in [0.717, 1.165) is 43.9 Å². The highest BCUT2D eigenvalue weighted by atomic mass is 32.2. The van der Waals surface area contributed by atoms with Crippen LogP contribution in [0.25, 0.3) is 0 Å². The van der Waals surface area contributed by atoms with Gasteiger partial charge in [0.2, 0.25) is 0 Å². The third-order valence-electron chi connectivity index (χ3n) is 3.13. The maximum atomic E-state index is 10.6. The second-order valence-corrected chi connectivity index (χ2v) is 5.65. The molecule has 1 fully saturated rings. The van der Waals surface area contributed by atoms with Crippen LogP contribution in [0.5, 0.6) is 0 Å². The van der Waals surface area contributed by atoms with Gasteiger partial charge in [0.25, 0.3) is 10.1 Å². The molecule has 5 nitrogen and oxygen atoms in total. The van der Waals surface area contributed by atoms with E-state index in [1.165, 1.54) is 0 Å². The van der Waals surface area contributed by atoms with E-state index in [1.807, 2.05) is 0 Å². The Morgan fingerprint density at radius 2 is 1.93 bits per heavy atom. The second kappa shape index (κ2) is 5.25. The average molecular weight is 238 g/mol. The summed E-state index contributed by atoms with van der Waals surface area (Å²) in [6, 6.07) is 0. The fourth-order valence-electron chi connectivity index (χ4n) is 2.01. The molecule has 0 aromatic rings. The van der Waals surface area contributed by atoms with Crippen molar-refractivity contribution in [2.75, 3.05) is 45.1 Å². The Hall–Kier alpha value is -0.170. The van der Waals surface area contributed by atoms with Gasteiger partial charge in [-0.15, -0.1) is 0 Å². The highest BCUT2D eigenvalue weighted by molar-refractivity contribution is 7.85. The van der Waals surface area contributed by atoms with Crippen molar-refractivity contribution in [3.8, 4) is 0 Å². The Balaban J connectivity index is 2.39. The standard InChI is InChI=1S/C9H19NO4S/c1-2-10(5-7-14-8-6-10)4-3-9-15(11,12)13/h2-9H2,1H3/p+1. The number of quaternary nitrogens is 1. The third-order valence-corrected chi connectivity index (χ3v) is 3.93. The Bertz CT molecular complexity index is 282. The minimum absolute atomic E-state index is 0.131.